The Morgan fingerprint density at radius 3 is 2.28 bits per heavy atom. The number of hydrogen-bond acceptors (Lipinski definition) is 2. The Kier molecular flexibility index (Phi) is 5.09. The van der Waals surface area contributed by atoms with E-state index in [0.717, 1.165) is 56.2 Å². The summed E-state index contributed by atoms with van der Waals surface area (Å²) >= 11 is 0. The van der Waals surface area contributed by atoms with E-state index in [1.807, 2.05) is 6.07 Å². The first-order valence-electron chi connectivity index (χ1n) is 10.0. The van der Waals surface area contributed by atoms with Gasteiger partial charge in [-0.05, 0) is 43.1 Å². The summed E-state index contributed by atoms with van der Waals surface area (Å²) in [5, 5.41) is 15.4. The third-order valence-electron chi connectivity index (χ3n) is 6.27. The van der Waals surface area contributed by atoms with Crippen molar-refractivity contribution >= 4 is 5.71 Å². The topological polar surface area (TPSA) is 35.5 Å². The van der Waals surface area contributed by atoms with E-state index in [4.69, 9.17) is 4.99 Å². The van der Waals surface area contributed by atoms with E-state index in [0.29, 0.717) is 0 Å². The predicted octanol–water partition coefficient (Wildman–Crippen LogP) is 5.77. The lowest BCUT2D eigenvalue weighted by atomic mass is 9.66. The number of unbranched alkanes of at least 4 members (excludes halogenated alkanes) is 1. The van der Waals surface area contributed by atoms with Gasteiger partial charge in [0.05, 0.1) is 11.3 Å². The lowest BCUT2D eigenvalue weighted by molar-refractivity contribution is -0.284. The molecule has 1 aromatic carbocycles. The molecule has 0 amide bonds. The summed E-state index contributed by atoms with van der Waals surface area (Å²) in [7, 11) is 0. The van der Waals surface area contributed by atoms with Crippen molar-refractivity contribution in [1.82, 2.24) is 5.06 Å². The van der Waals surface area contributed by atoms with E-state index < -0.39 is 11.2 Å². The molecule has 1 heterocycles. The molecule has 1 saturated carbocycles. The summed E-state index contributed by atoms with van der Waals surface area (Å²) in [5.74, 6) is 0. The van der Waals surface area contributed by atoms with E-state index in [2.05, 4.69) is 52.0 Å². The van der Waals surface area contributed by atoms with Crippen molar-refractivity contribution in [3.63, 3.8) is 0 Å². The van der Waals surface area contributed by atoms with E-state index in [9.17, 15) is 5.21 Å². The van der Waals surface area contributed by atoms with Gasteiger partial charge in [0, 0.05) is 0 Å². The zero-order chi connectivity index (χ0) is 18.1. The van der Waals surface area contributed by atoms with Crippen LogP contribution in [0.25, 0.3) is 0 Å². The molecule has 1 spiro atoms. The summed E-state index contributed by atoms with van der Waals surface area (Å²) < 4.78 is 0. The van der Waals surface area contributed by atoms with Crippen molar-refractivity contribution in [2.24, 2.45) is 10.4 Å². The van der Waals surface area contributed by atoms with Crippen LogP contribution in [0.2, 0.25) is 0 Å². The molecule has 0 bridgehead atoms. The highest BCUT2D eigenvalue weighted by atomic mass is 16.5. The maximum Gasteiger partial charge on any atom is 0.140 e. The Bertz CT molecular complexity index is 611. The summed E-state index contributed by atoms with van der Waals surface area (Å²) in [6, 6.07) is 10.4. The fourth-order valence-electron chi connectivity index (χ4n) is 4.82. The molecule has 3 heteroatoms. The van der Waals surface area contributed by atoms with E-state index in [1.54, 1.807) is 0 Å². The van der Waals surface area contributed by atoms with Gasteiger partial charge < -0.3 is 0 Å². The van der Waals surface area contributed by atoms with Crippen molar-refractivity contribution < 1.29 is 5.21 Å². The second-order valence-electron chi connectivity index (χ2n) is 8.88. The largest absolute Gasteiger partial charge is 0.262 e. The van der Waals surface area contributed by atoms with Crippen LogP contribution in [0.1, 0.15) is 84.6 Å². The van der Waals surface area contributed by atoms with E-state index in [1.165, 1.54) is 11.5 Å². The normalized spacial score (nSPS) is 26.8. The minimum absolute atomic E-state index is 0.167. The molecule has 1 fully saturated rings. The lowest BCUT2D eigenvalue weighted by Crippen LogP contribution is -2.62. The van der Waals surface area contributed by atoms with Crippen LogP contribution in [-0.2, 0) is 5.21 Å². The molecule has 137 valence electrons. The molecular formula is C22H33N2O. The molecule has 1 unspecified atom stereocenters. The van der Waals surface area contributed by atoms with Gasteiger partial charge in [-0.15, -0.1) is 10.3 Å². The van der Waals surface area contributed by atoms with Gasteiger partial charge in [0.2, 0.25) is 0 Å². The van der Waals surface area contributed by atoms with Crippen molar-refractivity contribution in [1.29, 1.82) is 0 Å². The van der Waals surface area contributed by atoms with Crippen LogP contribution in [0.5, 0.6) is 0 Å². The molecule has 1 aliphatic carbocycles. The van der Waals surface area contributed by atoms with Gasteiger partial charge in [0.15, 0.2) is 0 Å². The Labute approximate surface area is 153 Å². The van der Waals surface area contributed by atoms with Gasteiger partial charge in [-0.1, -0.05) is 77.3 Å². The second kappa shape index (κ2) is 6.85. The zero-order valence-corrected chi connectivity index (χ0v) is 16.3. The molecule has 1 aliphatic heterocycles. The molecule has 0 N–H and O–H groups in total. The number of aliphatic imine (C=N–C) groups is 1. The summed E-state index contributed by atoms with van der Waals surface area (Å²) in [4.78, 5) is 5.23. The minimum atomic E-state index is -0.540. The zero-order valence-electron chi connectivity index (χ0n) is 16.3. The number of nitrogens with zero attached hydrogens (tertiary/aromatic N) is 2. The Morgan fingerprint density at radius 2 is 1.72 bits per heavy atom. The van der Waals surface area contributed by atoms with Gasteiger partial charge in [0.25, 0.3) is 0 Å². The highest BCUT2D eigenvalue weighted by Gasteiger charge is 2.62. The highest BCUT2D eigenvalue weighted by Crippen LogP contribution is 2.53. The molecule has 1 aromatic rings. The van der Waals surface area contributed by atoms with Gasteiger partial charge in [-0.2, -0.15) is 0 Å². The molecule has 1 atom stereocenters. The SMILES string of the molecule is CCCCC1(C(C)(C)C)C(c2ccccc2)=NC2(CCCCC2)N1[O]. The smallest absolute Gasteiger partial charge is 0.140 e. The average Bonchev–Trinajstić information content (AvgIpc) is 2.84. The fourth-order valence-corrected chi connectivity index (χ4v) is 4.82. The van der Waals surface area contributed by atoms with Crippen molar-refractivity contribution in [2.75, 3.05) is 0 Å². The summed E-state index contributed by atoms with van der Waals surface area (Å²) in [6.45, 7) is 8.85. The minimum Gasteiger partial charge on any atom is -0.262 e. The highest BCUT2D eigenvalue weighted by molar-refractivity contribution is 6.09. The van der Waals surface area contributed by atoms with Gasteiger partial charge in [-0.3, -0.25) is 4.99 Å². The first-order valence-corrected chi connectivity index (χ1v) is 10.0. The predicted molar refractivity (Wildman–Crippen MR) is 103 cm³/mol. The quantitative estimate of drug-likeness (QED) is 0.684. The number of rotatable bonds is 4. The maximum absolute atomic E-state index is 13.9. The van der Waals surface area contributed by atoms with E-state index in [-0.39, 0.29) is 5.41 Å². The summed E-state index contributed by atoms with van der Waals surface area (Å²) in [5.41, 5.74) is 0.911. The van der Waals surface area contributed by atoms with Crippen molar-refractivity contribution in [2.45, 2.75) is 90.3 Å². The van der Waals surface area contributed by atoms with Gasteiger partial charge in [0.1, 0.15) is 5.66 Å². The Balaban J connectivity index is 2.17. The standard InChI is InChI=1S/C22H33N2O/c1-5-6-17-22(20(2,3)4)19(18-13-9-7-10-14-18)23-21(24(22)25)15-11-8-12-16-21/h7,9-10,13-14H,5-6,8,11-12,15-17H2,1-4H3. The van der Waals surface area contributed by atoms with Crippen molar-refractivity contribution in [3.8, 4) is 0 Å². The van der Waals surface area contributed by atoms with Gasteiger partial charge in [-0.25, -0.2) is 0 Å². The molecule has 3 nitrogen and oxygen atoms in total. The van der Waals surface area contributed by atoms with Crippen LogP contribution in [0, 0.1) is 5.41 Å². The first-order chi connectivity index (χ1) is 11.9. The van der Waals surface area contributed by atoms with Crippen LogP contribution >= 0.6 is 0 Å². The third kappa shape index (κ3) is 2.96. The van der Waals surface area contributed by atoms with Crippen molar-refractivity contribution in [3.05, 3.63) is 35.9 Å². The number of hydroxylamine groups is 2. The maximum atomic E-state index is 13.9. The molecule has 1 radical (unpaired) electrons. The first kappa shape index (κ1) is 18.6. The lowest BCUT2D eigenvalue weighted by Gasteiger charge is -2.49. The second-order valence-corrected chi connectivity index (χ2v) is 8.88. The van der Waals surface area contributed by atoms with Crippen LogP contribution in [0.3, 0.4) is 0 Å². The molecule has 2 aliphatic rings. The number of hydrogen-bond donors (Lipinski definition) is 0. The molecule has 0 aromatic heterocycles. The molecule has 25 heavy (non-hydrogen) atoms. The third-order valence-corrected chi connectivity index (χ3v) is 6.27. The molecular weight excluding hydrogens is 308 g/mol. The van der Waals surface area contributed by atoms with Crippen LogP contribution in [-0.4, -0.2) is 22.0 Å². The molecule has 3 rings (SSSR count). The van der Waals surface area contributed by atoms with Crippen LogP contribution < -0.4 is 0 Å². The monoisotopic (exact) mass is 341 g/mol. The fraction of sp³-hybridized carbons (Fsp3) is 0.682. The summed E-state index contributed by atoms with van der Waals surface area (Å²) in [6.07, 6.45) is 8.28. The van der Waals surface area contributed by atoms with Gasteiger partial charge >= 0.3 is 0 Å². The Morgan fingerprint density at radius 1 is 1.08 bits per heavy atom. The van der Waals surface area contributed by atoms with Crippen LogP contribution in [0.15, 0.2) is 35.3 Å². The van der Waals surface area contributed by atoms with Crippen LogP contribution in [0.4, 0.5) is 0 Å². The Hall–Kier alpha value is -1.19. The molecule has 0 saturated heterocycles. The van der Waals surface area contributed by atoms with E-state index >= 15 is 0 Å². The average molecular weight is 342 g/mol. The number of benzene rings is 1.